The normalized spacial score (nSPS) is 27.0. The van der Waals surface area contributed by atoms with E-state index < -0.39 is 0 Å². The van der Waals surface area contributed by atoms with E-state index in [-0.39, 0.29) is 18.0 Å². The topological polar surface area (TPSA) is 108 Å². The SMILES string of the molecule is Cc1cc(C#N)cnc1C(=O)NC1CCC2NNC(c3ccn(C)n3)C2C1. The molecule has 0 aromatic carbocycles. The fourth-order valence-corrected chi connectivity index (χ4v) is 4.21. The van der Waals surface area contributed by atoms with Crippen LogP contribution < -0.4 is 16.2 Å². The molecule has 3 N–H and O–H groups in total. The number of nitriles is 1. The summed E-state index contributed by atoms with van der Waals surface area (Å²) in [6.07, 6.45) is 6.19. The number of hydrogen-bond acceptors (Lipinski definition) is 6. The van der Waals surface area contributed by atoms with E-state index in [4.69, 9.17) is 5.26 Å². The lowest BCUT2D eigenvalue weighted by Gasteiger charge is -2.33. The number of pyridine rings is 1. The van der Waals surface area contributed by atoms with Crippen molar-refractivity contribution in [3.05, 3.63) is 47.0 Å². The molecule has 27 heavy (non-hydrogen) atoms. The van der Waals surface area contributed by atoms with Gasteiger partial charge in [-0.3, -0.25) is 14.9 Å². The van der Waals surface area contributed by atoms with E-state index in [1.807, 2.05) is 37.0 Å². The molecule has 1 saturated carbocycles. The van der Waals surface area contributed by atoms with Gasteiger partial charge in [-0.05, 0) is 49.8 Å². The van der Waals surface area contributed by atoms with Crippen LogP contribution in [0.25, 0.3) is 0 Å². The summed E-state index contributed by atoms with van der Waals surface area (Å²) in [6, 6.07) is 6.41. The van der Waals surface area contributed by atoms with Crippen LogP contribution in [0, 0.1) is 24.2 Å². The van der Waals surface area contributed by atoms with Gasteiger partial charge in [-0.2, -0.15) is 10.4 Å². The minimum Gasteiger partial charge on any atom is -0.348 e. The second-order valence-corrected chi connectivity index (χ2v) is 7.44. The van der Waals surface area contributed by atoms with E-state index in [1.165, 1.54) is 6.20 Å². The van der Waals surface area contributed by atoms with E-state index in [0.717, 1.165) is 30.5 Å². The monoisotopic (exact) mass is 365 g/mol. The van der Waals surface area contributed by atoms with Crippen molar-refractivity contribution in [2.75, 3.05) is 0 Å². The minimum atomic E-state index is -0.172. The van der Waals surface area contributed by atoms with E-state index in [2.05, 4.69) is 26.3 Å². The molecule has 1 amide bonds. The number of hydrogen-bond donors (Lipinski definition) is 3. The Labute approximate surface area is 157 Å². The maximum Gasteiger partial charge on any atom is 0.270 e. The molecule has 4 unspecified atom stereocenters. The van der Waals surface area contributed by atoms with Crippen LogP contribution in [0.3, 0.4) is 0 Å². The Morgan fingerprint density at radius 3 is 2.96 bits per heavy atom. The number of carbonyl (C=O) groups excluding carboxylic acids is 1. The Bertz CT molecular complexity index is 900. The van der Waals surface area contributed by atoms with Gasteiger partial charge in [0.2, 0.25) is 0 Å². The van der Waals surface area contributed by atoms with Gasteiger partial charge in [0.15, 0.2) is 0 Å². The third-order valence-electron chi connectivity index (χ3n) is 5.56. The van der Waals surface area contributed by atoms with Gasteiger partial charge in [0.05, 0.1) is 17.3 Å². The van der Waals surface area contributed by atoms with Crippen LogP contribution >= 0.6 is 0 Å². The standard InChI is InChI=1S/C19H23N7O/c1-11-7-12(9-20)10-21-17(11)19(27)22-13-3-4-15-14(8-13)18(24-23-15)16-5-6-26(2)25-16/h5-7,10,13-15,18,23-24H,3-4,8H2,1-2H3,(H,22,27). The van der Waals surface area contributed by atoms with Gasteiger partial charge in [0.25, 0.3) is 5.91 Å². The first-order valence-corrected chi connectivity index (χ1v) is 9.23. The number of hydrazine groups is 1. The lowest BCUT2D eigenvalue weighted by atomic mass is 9.78. The van der Waals surface area contributed by atoms with Crippen molar-refractivity contribution in [1.82, 2.24) is 30.9 Å². The van der Waals surface area contributed by atoms with E-state index in [1.54, 1.807) is 6.07 Å². The highest BCUT2D eigenvalue weighted by atomic mass is 16.1. The van der Waals surface area contributed by atoms with Gasteiger partial charge in [-0.25, -0.2) is 10.4 Å². The van der Waals surface area contributed by atoms with Gasteiger partial charge < -0.3 is 5.32 Å². The summed E-state index contributed by atoms with van der Waals surface area (Å²) in [5.74, 6) is 0.197. The zero-order valence-electron chi connectivity index (χ0n) is 15.4. The number of aromatic nitrogens is 3. The zero-order valence-corrected chi connectivity index (χ0v) is 15.4. The molecule has 2 aromatic heterocycles. The largest absolute Gasteiger partial charge is 0.348 e. The van der Waals surface area contributed by atoms with Crippen LogP contribution in [0.4, 0.5) is 0 Å². The van der Waals surface area contributed by atoms with E-state index >= 15 is 0 Å². The average molecular weight is 365 g/mol. The number of nitrogens with one attached hydrogen (secondary N) is 3. The van der Waals surface area contributed by atoms with Crippen LogP contribution in [-0.4, -0.2) is 32.8 Å². The van der Waals surface area contributed by atoms with Crippen molar-refractivity contribution < 1.29 is 4.79 Å². The van der Waals surface area contributed by atoms with Gasteiger partial charge in [0, 0.05) is 31.5 Å². The Morgan fingerprint density at radius 2 is 2.26 bits per heavy atom. The molecule has 0 spiro atoms. The Kier molecular flexibility index (Phi) is 4.64. The number of carbonyl (C=O) groups is 1. The third kappa shape index (κ3) is 3.44. The third-order valence-corrected chi connectivity index (χ3v) is 5.56. The average Bonchev–Trinajstić information content (AvgIpc) is 3.27. The molecule has 140 valence electrons. The lowest BCUT2D eigenvalue weighted by molar-refractivity contribution is 0.0909. The van der Waals surface area contributed by atoms with Crippen LogP contribution in [-0.2, 0) is 7.05 Å². The fourth-order valence-electron chi connectivity index (χ4n) is 4.21. The summed E-state index contributed by atoms with van der Waals surface area (Å²) in [5, 5.41) is 16.6. The van der Waals surface area contributed by atoms with Crippen molar-refractivity contribution in [2.24, 2.45) is 13.0 Å². The second kappa shape index (κ2) is 7.10. The first-order valence-electron chi connectivity index (χ1n) is 9.23. The molecule has 0 bridgehead atoms. The molecule has 2 fully saturated rings. The van der Waals surface area contributed by atoms with E-state index in [0.29, 0.717) is 23.2 Å². The maximum atomic E-state index is 12.7. The molecule has 3 heterocycles. The van der Waals surface area contributed by atoms with Gasteiger partial charge in [-0.15, -0.1) is 0 Å². The number of rotatable bonds is 3. The lowest BCUT2D eigenvalue weighted by Crippen LogP contribution is -2.44. The number of amides is 1. The van der Waals surface area contributed by atoms with Crippen molar-refractivity contribution in [3.8, 4) is 6.07 Å². The summed E-state index contributed by atoms with van der Waals surface area (Å²) in [7, 11) is 1.92. The molecule has 1 aliphatic heterocycles. The molecule has 4 rings (SSSR count). The van der Waals surface area contributed by atoms with Crippen molar-refractivity contribution >= 4 is 5.91 Å². The Morgan fingerprint density at radius 1 is 1.41 bits per heavy atom. The Hall–Kier alpha value is -2.76. The fraction of sp³-hybridized carbons (Fsp3) is 0.474. The smallest absolute Gasteiger partial charge is 0.270 e. The van der Waals surface area contributed by atoms with Gasteiger partial charge >= 0.3 is 0 Å². The van der Waals surface area contributed by atoms with Crippen molar-refractivity contribution in [1.29, 1.82) is 5.26 Å². The molecule has 2 aliphatic rings. The molecule has 8 heteroatoms. The predicted octanol–water partition coefficient (Wildman–Crippen LogP) is 1.11. The quantitative estimate of drug-likeness (QED) is 0.752. The van der Waals surface area contributed by atoms with Crippen LogP contribution in [0.2, 0.25) is 0 Å². The summed E-state index contributed by atoms with van der Waals surface area (Å²) < 4.78 is 1.81. The molecule has 4 atom stereocenters. The van der Waals surface area contributed by atoms with Gasteiger partial charge in [-0.1, -0.05) is 0 Å². The highest BCUT2D eigenvalue weighted by molar-refractivity contribution is 5.93. The summed E-state index contributed by atoms with van der Waals surface area (Å²) in [4.78, 5) is 16.9. The Balaban J connectivity index is 1.45. The molecule has 2 aromatic rings. The first kappa shape index (κ1) is 17.6. The molecule has 8 nitrogen and oxygen atoms in total. The molecule has 1 saturated heterocycles. The number of aryl methyl sites for hydroxylation is 2. The second-order valence-electron chi connectivity index (χ2n) is 7.44. The molecular formula is C19H23N7O. The zero-order chi connectivity index (χ0) is 19.0. The van der Waals surface area contributed by atoms with Crippen LogP contribution in [0.15, 0.2) is 24.5 Å². The van der Waals surface area contributed by atoms with Crippen molar-refractivity contribution in [2.45, 2.75) is 44.3 Å². The first-order chi connectivity index (χ1) is 13.0. The highest BCUT2D eigenvalue weighted by Gasteiger charge is 2.42. The minimum absolute atomic E-state index is 0.100. The van der Waals surface area contributed by atoms with E-state index in [9.17, 15) is 4.79 Å². The number of nitrogens with zero attached hydrogens (tertiary/aromatic N) is 4. The highest BCUT2D eigenvalue weighted by Crippen LogP contribution is 2.37. The molecule has 1 aliphatic carbocycles. The molecular weight excluding hydrogens is 342 g/mol. The van der Waals surface area contributed by atoms with Gasteiger partial charge in [0.1, 0.15) is 11.8 Å². The predicted molar refractivity (Wildman–Crippen MR) is 98.3 cm³/mol. The maximum absolute atomic E-state index is 12.7. The molecule has 0 radical (unpaired) electrons. The number of fused-ring (bicyclic) bond motifs is 1. The van der Waals surface area contributed by atoms with Crippen LogP contribution in [0.1, 0.15) is 52.6 Å². The summed E-state index contributed by atoms with van der Waals surface area (Å²) >= 11 is 0. The summed E-state index contributed by atoms with van der Waals surface area (Å²) in [6.45, 7) is 1.81. The van der Waals surface area contributed by atoms with Crippen LogP contribution in [0.5, 0.6) is 0 Å². The summed E-state index contributed by atoms with van der Waals surface area (Å²) in [5.41, 5.74) is 9.36. The van der Waals surface area contributed by atoms with Crippen molar-refractivity contribution in [3.63, 3.8) is 0 Å².